The second-order valence-electron chi connectivity index (χ2n) is 6.49. The lowest BCUT2D eigenvalue weighted by Crippen LogP contribution is -2.42. The van der Waals surface area contributed by atoms with Crippen molar-refractivity contribution in [1.29, 1.82) is 0 Å². The first kappa shape index (κ1) is 15.7. The average molecular weight is 253 g/mol. The van der Waals surface area contributed by atoms with Gasteiger partial charge in [0.25, 0.3) is 0 Å². The van der Waals surface area contributed by atoms with Crippen LogP contribution in [0.2, 0.25) is 0 Å². The van der Waals surface area contributed by atoms with Crippen LogP contribution in [0.3, 0.4) is 0 Å². The summed E-state index contributed by atoms with van der Waals surface area (Å²) >= 11 is 0. The van der Waals surface area contributed by atoms with Crippen molar-refractivity contribution in [3.8, 4) is 0 Å². The van der Waals surface area contributed by atoms with Crippen LogP contribution in [0.4, 0.5) is 0 Å². The molecule has 2 heteroatoms. The van der Waals surface area contributed by atoms with Crippen LogP contribution in [0.25, 0.3) is 0 Å². The molecule has 0 amide bonds. The fourth-order valence-electron chi connectivity index (χ4n) is 3.13. The molecule has 0 heterocycles. The Morgan fingerprint density at radius 1 is 1.33 bits per heavy atom. The minimum Gasteiger partial charge on any atom is -0.376 e. The van der Waals surface area contributed by atoms with Crippen molar-refractivity contribution in [3.05, 3.63) is 12.7 Å². The molecule has 3 N–H and O–H groups in total. The van der Waals surface area contributed by atoms with Gasteiger partial charge in [-0.05, 0) is 37.0 Å². The Kier molecular flexibility index (Phi) is 6.37. The van der Waals surface area contributed by atoms with Gasteiger partial charge in [-0.2, -0.15) is 0 Å². The standard InChI is InChI=1S/C16H31NO/c1-4-15(13(2)3)10-11-16(17,18)12-14-8-6-5-7-9-14/h4,13-15,18H,1,5-12,17H2,2-3H3/t15-,16-/m0/s1. The van der Waals surface area contributed by atoms with E-state index in [9.17, 15) is 5.11 Å². The molecule has 1 rings (SSSR count). The molecule has 2 atom stereocenters. The second kappa shape index (κ2) is 7.30. The Bertz CT molecular complexity index is 241. The highest BCUT2D eigenvalue weighted by Gasteiger charge is 2.27. The second-order valence-corrected chi connectivity index (χ2v) is 6.49. The summed E-state index contributed by atoms with van der Waals surface area (Å²) in [4.78, 5) is 0. The number of hydrogen-bond donors (Lipinski definition) is 2. The van der Waals surface area contributed by atoms with Crippen molar-refractivity contribution in [3.63, 3.8) is 0 Å². The molecular weight excluding hydrogens is 222 g/mol. The summed E-state index contributed by atoms with van der Waals surface area (Å²) in [5, 5.41) is 10.3. The van der Waals surface area contributed by atoms with Gasteiger partial charge in [0.2, 0.25) is 0 Å². The van der Waals surface area contributed by atoms with Gasteiger partial charge < -0.3 is 10.8 Å². The quantitative estimate of drug-likeness (QED) is 0.535. The monoisotopic (exact) mass is 253 g/mol. The van der Waals surface area contributed by atoms with Gasteiger partial charge >= 0.3 is 0 Å². The maximum absolute atomic E-state index is 10.3. The molecular formula is C16H31NO. The summed E-state index contributed by atoms with van der Waals surface area (Å²) < 4.78 is 0. The largest absolute Gasteiger partial charge is 0.376 e. The molecule has 0 unspecified atom stereocenters. The van der Waals surface area contributed by atoms with Crippen molar-refractivity contribution >= 4 is 0 Å². The molecule has 1 fully saturated rings. The van der Waals surface area contributed by atoms with Crippen LogP contribution >= 0.6 is 0 Å². The maximum Gasteiger partial charge on any atom is 0.113 e. The van der Waals surface area contributed by atoms with E-state index in [0.29, 0.717) is 24.2 Å². The first-order chi connectivity index (χ1) is 8.44. The smallest absolute Gasteiger partial charge is 0.113 e. The fourth-order valence-corrected chi connectivity index (χ4v) is 3.13. The normalized spacial score (nSPS) is 22.7. The van der Waals surface area contributed by atoms with Crippen LogP contribution in [0.5, 0.6) is 0 Å². The number of aliphatic hydroxyl groups is 1. The van der Waals surface area contributed by atoms with Crippen molar-refractivity contribution in [2.45, 2.75) is 70.9 Å². The summed E-state index contributed by atoms with van der Waals surface area (Å²) in [7, 11) is 0. The van der Waals surface area contributed by atoms with Gasteiger partial charge in [-0.15, -0.1) is 6.58 Å². The lowest BCUT2D eigenvalue weighted by molar-refractivity contribution is 0.00264. The van der Waals surface area contributed by atoms with Gasteiger partial charge in [-0.3, -0.25) is 0 Å². The first-order valence-corrected chi connectivity index (χ1v) is 7.58. The van der Waals surface area contributed by atoms with E-state index >= 15 is 0 Å². The van der Waals surface area contributed by atoms with Gasteiger partial charge in [-0.1, -0.05) is 52.0 Å². The van der Waals surface area contributed by atoms with E-state index in [4.69, 9.17) is 5.73 Å². The molecule has 0 aromatic rings. The van der Waals surface area contributed by atoms with E-state index in [0.717, 1.165) is 12.8 Å². The molecule has 0 radical (unpaired) electrons. The maximum atomic E-state index is 10.3. The van der Waals surface area contributed by atoms with E-state index in [1.54, 1.807) is 0 Å². The summed E-state index contributed by atoms with van der Waals surface area (Å²) in [5.74, 6) is 1.68. The van der Waals surface area contributed by atoms with Crippen molar-refractivity contribution in [2.24, 2.45) is 23.5 Å². The average Bonchev–Trinajstić information content (AvgIpc) is 2.29. The Morgan fingerprint density at radius 3 is 2.44 bits per heavy atom. The molecule has 0 saturated heterocycles. The van der Waals surface area contributed by atoms with Gasteiger partial charge in [0.1, 0.15) is 5.72 Å². The van der Waals surface area contributed by atoms with Crippen LogP contribution in [0, 0.1) is 17.8 Å². The van der Waals surface area contributed by atoms with Crippen LogP contribution in [-0.4, -0.2) is 10.8 Å². The van der Waals surface area contributed by atoms with Gasteiger partial charge in [0.15, 0.2) is 0 Å². The van der Waals surface area contributed by atoms with E-state index < -0.39 is 5.72 Å². The zero-order chi connectivity index (χ0) is 13.6. The molecule has 0 spiro atoms. The highest BCUT2D eigenvalue weighted by Crippen LogP contribution is 2.31. The van der Waals surface area contributed by atoms with E-state index in [-0.39, 0.29) is 0 Å². The summed E-state index contributed by atoms with van der Waals surface area (Å²) in [6.45, 7) is 8.27. The van der Waals surface area contributed by atoms with Crippen LogP contribution < -0.4 is 5.73 Å². The molecule has 0 aromatic heterocycles. The first-order valence-electron chi connectivity index (χ1n) is 7.58. The van der Waals surface area contributed by atoms with Gasteiger partial charge in [0, 0.05) is 0 Å². The van der Waals surface area contributed by atoms with E-state index in [1.165, 1.54) is 32.1 Å². The Balaban J connectivity index is 2.35. The van der Waals surface area contributed by atoms with Crippen LogP contribution in [0.15, 0.2) is 12.7 Å². The summed E-state index contributed by atoms with van der Waals surface area (Å²) in [5.41, 5.74) is 5.10. The Morgan fingerprint density at radius 2 is 1.94 bits per heavy atom. The topological polar surface area (TPSA) is 46.2 Å². The minimum absolute atomic E-state index is 0.464. The zero-order valence-corrected chi connectivity index (χ0v) is 12.2. The third kappa shape index (κ3) is 5.53. The number of allylic oxidation sites excluding steroid dienone is 1. The number of nitrogens with two attached hydrogens (primary N) is 1. The zero-order valence-electron chi connectivity index (χ0n) is 12.2. The highest BCUT2D eigenvalue weighted by molar-refractivity contribution is 4.85. The number of hydrogen-bond acceptors (Lipinski definition) is 2. The molecule has 1 saturated carbocycles. The SMILES string of the molecule is C=C[C@@H](CC[C@](N)(O)CC1CCCCC1)C(C)C. The number of rotatable bonds is 7. The highest BCUT2D eigenvalue weighted by atomic mass is 16.3. The molecule has 106 valence electrons. The molecule has 0 bridgehead atoms. The Labute approximate surface area is 113 Å². The van der Waals surface area contributed by atoms with E-state index in [1.807, 2.05) is 6.08 Å². The van der Waals surface area contributed by atoms with Crippen LogP contribution in [-0.2, 0) is 0 Å². The molecule has 0 aliphatic heterocycles. The third-order valence-corrected chi connectivity index (χ3v) is 4.44. The van der Waals surface area contributed by atoms with Crippen molar-refractivity contribution in [2.75, 3.05) is 0 Å². The van der Waals surface area contributed by atoms with Crippen LogP contribution in [0.1, 0.15) is 65.2 Å². The lowest BCUT2D eigenvalue weighted by atomic mass is 9.81. The Hall–Kier alpha value is -0.340. The summed E-state index contributed by atoms with van der Waals surface area (Å²) in [6.07, 6.45) is 10.9. The van der Waals surface area contributed by atoms with Gasteiger partial charge in [0.05, 0.1) is 0 Å². The van der Waals surface area contributed by atoms with Gasteiger partial charge in [-0.25, -0.2) is 0 Å². The minimum atomic E-state index is -0.974. The molecule has 0 aromatic carbocycles. The predicted molar refractivity (Wildman–Crippen MR) is 78.1 cm³/mol. The predicted octanol–water partition coefficient (Wildman–Crippen LogP) is 3.84. The van der Waals surface area contributed by atoms with E-state index in [2.05, 4.69) is 20.4 Å². The van der Waals surface area contributed by atoms with Crippen molar-refractivity contribution < 1.29 is 5.11 Å². The molecule has 2 nitrogen and oxygen atoms in total. The molecule has 1 aliphatic carbocycles. The third-order valence-electron chi connectivity index (χ3n) is 4.44. The molecule has 18 heavy (non-hydrogen) atoms. The molecule has 1 aliphatic rings. The lowest BCUT2D eigenvalue weighted by Gasteiger charge is -2.31. The summed E-state index contributed by atoms with van der Waals surface area (Å²) in [6, 6.07) is 0. The van der Waals surface area contributed by atoms with Crippen molar-refractivity contribution in [1.82, 2.24) is 0 Å². The fraction of sp³-hybridized carbons (Fsp3) is 0.875.